The van der Waals surface area contributed by atoms with Crippen molar-refractivity contribution in [3.63, 3.8) is 0 Å². The van der Waals surface area contributed by atoms with Crippen molar-refractivity contribution < 1.29 is 31.5 Å². The highest BCUT2D eigenvalue weighted by molar-refractivity contribution is 5.99. The maximum absolute atomic E-state index is 14.1. The van der Waals surface area contributed by atoms with Gasteiger partial charge < -0.3 is 9.15 Å². The summed E-state index contributed by atoms with van der Waals surface area (Å²) < 4.78 is 65.1. The summed E-state index contributed by atoms with van der Waals surface area (Å²) in [4.78, 5) is 24.8. The first kappa shape index (κ1) is 17.7. The SMILES string of the molecule is CCOC(=O)c1c(-c2ccccc2)oc2c(F)c(F)c(F)c(F)c2c1=O. The summed E-state index contributed by atoms with van der Waals surface area (Å²) in [7, 11) is 0. The number of benzene rings is 2. The third kappa shape index (κ3) is 2.63. The van der Waals surface area contributed by atoms with E-state index in [0.717, 1.165) is 0 Å². The molecule has 0 aliphatic carbocycles. The fourth-order valence-electron chi connectivity index (χ4n) is 2.47. The minimum absolute atomic E-state index is 0.112. The van der Waals surface area contributed by atoms with Gasteiger partial charge in [0, 0.05) is 5.56 Å². The van der Waals surface area contributed by atoms with Crippen LogP contribution in [0, 0.1) is 23.3 Å². The zero-order chi connectivity index (χ0) is 19.0. The number of rotatable bonds is 3. The molecule has 8 heteroatoms. The maximum Gasteiger partial charge on any atom is 0.346 e. The number of ether oxygens (including phenoxy) is 1. The number of esters is 1. The molecular weight excluding hydrogens is 356 g/mol. The summed E-state index contributed by atoms with van der Waals surface area (Å²) in [6.45, 7) is 1.36. The molecule has 0 bridgehead atoms. The number of carbonyl (C=O) groups excluding carboxylic acids is 1. The molecule has 0 saturated heterocycles. The zero-order valence-corrected chi connectivity index (χ0v) is 13.2. The van der Waals surface area contributed by atoms with Crippen molar-refractivity contribution in [3.05, 3.63) is 69.4 Å². The molecule has 1 aromatic heterocycles. The average molecular weight is 366 g/mol. The highest BCUT2D eigenvalue weighted by atomic mass is 19.2. The molecule has 0 amide bonds. The Kier molecular flexibility index (Phi) is 4.50. The molecule has 1 heterocycles. The molecule has 3 rings (SSSR count). The lowest BCUT2D eigenvalue weighted by molar-refractivity contribution is 0.0524. The van der Waals surface area contributed by atoms with E-state index in [1.807, 2.05) is 0 Å². The van der Waals surface area contributed by atoms with Crippen LogP contribution in [0.4, 0.5) is 17.6 Å². The van der Waals surface area contributed by atoms with Gasteiger partial charge >= 0.3 is 5.97 Å². The summed E-state index contributed by atoms with van der Waals surface area (Å²) in [6.07, 6.45) is 0. The lowest BCUT2D eigenvalue weighted by Crippen LogP contribution is -2.21. The highest BCUT2D eigenvalue weighted by Crippen LogP contribution is 2.31. The third-order valence-electron chi connectivity index (χ3n) is 3.62. The monoisotopic (exact) mass is 366 g/mol. The number of fused-ring (bicyclic) bond motifs is 1. The topological polar surface area (TPSA) is 56.5 Å². The van der Waals surface area contributed by atoms with Gasteiger partial charge in [-0.2, -0.15) is 4.39 Å². The van der Waals surface area contributed by atoms with Gasteiger partial charge in [-0.3, -0.25) is 4.79 Å². The molecule has 0 saturated carbocycles. The first-order chi connectivity index (χ1) is 12.4. The fraction of sp³-hybridized carbons (Fsp3) is 0.111. The summed E-state index contributed by atoms with van der Waals surface area (Å²) in [5.41, 5.74) is -3.06. The van der Waals surface area contributed by atoms with Gasteiger partial charge in [0.15, 0.2) is 28.5 Å². The van der Waals surface area contributed by atoms with Crippen LogP contribution in [0.2, 0.25) is 0 Å². The molecule has 2 aromatic carbocycles. The van der Waals surface area contributed by atoms with Crippen molar-refractivity contribution in [1.29, 1.82) is 0 Å². The fourth-order valence-corrected chi connectivity index (χ4v) is 2.47. The Balaban J connectivity index is 2.52. The molecular formula is C18H10F4O4. The Morgan fingerprint density at radius 2 is 1.62 bits per heavy atom. The summed E-state index contributed by atoms with van der Waals surface area (Å²) in [6, 6.07) is 7.57. The lowest BCUT2D eigenvalue weighted by Gasteiger charge is -2.11. The molecule has 0 fully saturated rings. The molecule has 26 heavy (non-hydrogen) atoms. The predicted octanol–water partition coefficient (Wildman–Crippen LogP) is 4.19. The Labute approximate surface area is 143 Å². The van der Waals surface area contributed by atoms with Crippen LogP contribution in [0.15, 0.2) is 39.5 Å². The van der Waals surface area contributed by atoms with Crippen molar-refractivity contribution in [2.45, 2.75) is 6.92 Å². The van der Waals surface area contributed by atoms with Crippen LogP contribution in [0.3, 0.4) is 0 Å². The normalized spacial score (nSPS) is 11.0. The first-order valence-electron chi connectivity index (χ1n) is 7.43. The van der Waals surface area contributed by atoms with Crippen LogP contribution < -0.4 is 5.43 Å². The van der Waals surface area contributed by atoms with Gasteiger partial charge in [0.2, 0.25) is 17.1 Å². The van der Waals surface area contributed by atoms with Gasteiger partial charge in [-0.15, -0.1) is 0 Å². The van der Waals surface area contributed by atoms with E-state index in [-0.39, 0.29) is 12.2 Å². The van der Waals surface area contributed by atoms with E-state index in [1.165, 1.54) is 31.2 Å². The van der Waals surface area contributed by atoms with E-state index in [0.29, 0.717) is 0 Å². The second-order valence-electron chi connectivity index (χ2n) is 5.18. The molecule has 0 aliphatic heterocycles. The van der Waals surface area contributed by atoms with Crippen molar-refractivity contribution in [1.82, 2.24) is 0 Å². The van der Waals surface area contributed by atoms with Gasteiger partial charge in [-0.05, 0) is 6.92 Å². The van der Waals surface area contributed by atoms with E-state index in [4.69, 9.17) is 9.15 Å². The molecule has 4 nitrogen and oxygen atoms in total. The Bertz CT molecular complexity index is 1070. The van der Waals surface area contributed by atoms with Crippen LogP contribution in [-0.2, 0) is 4.74 Å². The molecule has 0 aliphatic rings. The average Bonchev–Trinajstić information content (AvgIpc) is 2.64. The largest absolute Gasteiger partial charge is 0.462 e. The van der Waals surface area contributed by atoms with Gasteiger partial charge in [-0.1, -0.05) is 30.3 Å². The summed E-state index contributed by atoms with van der Waals surface area (Å²) in [5, 5.41) is -1.20. The molecule has 134 valence electrons. The van der Waals surface area contributed by atoms with Gasteiger partial charge in [-0.25, -0.2) is 18.0 Å². The van der Waals surface area contributed by atoms with Crippen molar-refractivity contribution >= 4 is 16.9 Å². The molecule has 0 spiro atoms. The standard InChI is InChI=1S/C18H10F4O4/c1-2-25-18(24)10-15(23)9-11(19)12(20)13(21)14(22)17(9)26-16(10)8-6-4-3-5-7-8/h3-7H,2H2,1H3. The Hall–Kier alpha value is -3.16. The minimum Gasteiger partial charge on any atom is -0.462 e. The van der Waals surface area contributed by atoms with Gasteiger partial charge in [0.05, 0.1) is 6.61 Å². The van der Waals surface area contributed by atoms with Crippen LogP contribution in [0.25, 0.3) is 22.3 Å². The number of hydrogen-bond donors (Lipinski definition) is 0. The van der Waals surface area contributed by atoms with Crippen molar-refractivity contribution in [3.8, 4) is 11.3 Å². The third-order valence-corrected chi connectivity index (χ3v) is 3.62. The minimum atomic E-state index is -2.18. The van der Waals surface area contributed by atoms with Crippen LogP contribution >= 0.6 is 0 Å². The highest BCUT2D eigenvalue weighted by Gasteiger charge is 2.30. The quantitative estimate of drug-likeness (QED) is 0.302. The predicted molar refractivity (Wildman–Crippen MR) is 83.7 cm³/mol. The summed E-state index contributed by atoms with van der Waals surface area (Å²) in [5.74, 6) is -9.72. The second-order valence-corrected chi connectivity index (χ2v) is 5.18. The van der Waals surface area contributed by atoms with E-state index in [2.05, 4.69) is 0 Å². The molecule has 3 aromatic rings. The first-order valence-corrected chi connectivity index (χ1v) is 7.43. The molecule has 0 radical (unpaired) electrons. The molecule has 0 N–H and O–H groups in total. The number of hydrogen-bond acceptors (Lipinski definition) is 4. The number of halogens is 4. The van der Waals surface area contributed by atoms with Crippen molar-refractivity contribution in [2.75, 3.05) is 6.61 Å². The van der Waals surface area contributed by atoms with E-state index < -0.39 is 57.0 Å². The smallest absolute Gasteiger partial charge is 0.346 e. The maximum atomic E-state index is 14.1. The summed E-state index contributed by atoms with van der Waals surface area (Å²) >= 11 is 0. The van der Waals surface area contributed by atoms with Gasteiger partial charge in [0.1, 0.15) is 5.39 Å². The van der Waals surface area contributed by atoms with Gasteiger partial charge in [0.25, 0.3) is 0 Å². The van der Waals surface area contributed by atoms with Crippen molar-refractivity contribution in [2.24, 2.45) is 0 Å². The molecule has 0 unspecified atom stereocenters. The lowest BCUT2D eigenvalue weighted by atomic mass is 10.0. The van der Waals surface area contributed by atoms with Crippen LogP contribution in [0.5, 0.6) is 0 Å². The van der Waals surface area contributed by atoms with Crippen LogP contribution in [0.1, 0.15) is 17.3 Å². The van der Waals surface area contributed by atoms with E-state index >= 15 is 0 Å². The second kappa shape index (κ2) is 6.62. The Morgan fingerprint density at radius 3 is 2.23 bits per heavy atom. The molecule has 0 atom stereocenters. The number of carbonyl (C=O) groups is 1. The zero-order valence-electron chi connectivity index (χ0n) is 13.2. The Morgan fingerprint density at radius 1 is 1.00 bits per heavy atom. The van der Waals surface area contributed by atoms with E-state index in [9.17, 15) is 27.2 Å². The van der Waals surface area contributed by atoms with E-state index in [1.54, 1.807) is 6.07 Å². The van der Waals surface area contributed by atoms with Crippen LogP contribution in [-0.4, -0.2) is 12.6 Å².